The molecule has 4 rings (SSSR count). The van der Waals surface area contributed by atoms with E-state index in [4.69, 9.17) is 11.0 Å². The van der Waals surface area contributed by atoms with Crippen molar-refractivity contribution in [2.24, 2.45) is 23.7 Å². The Hall–Kier alpha value is -1.54. The molecule has 0 aliphatic heterocycles. The summed E-state index contributed by atoms with van der Waals surface area (Å²) < 4.78 is 0. The van der Waals surface area contributed by atoms with E-state index in [0.29, 0.717) is 11.4 Å². The molecule has 0 aromatic carbocycles. The highest BCUT2D eigenvalue weighted by molar-refractivity contribution is 5.50. The Labute approximate surface area is 131 Å². The van der Waals surface area contributed by atoms with E-state index in [1.165, 1.54) is 32.1 Å². The zero-order valence-corrected chi connectivity index (χ0v) is 13.0. The molecule has 5 heteroatoms. The second kappa shape index (κ2) is 5.58. The first-order valence-corrected chi connectivity index (χ1v) is 8.74. The van der Waals surface area contributed by atoms with Gasteiger partial charge in [0.15, 0.2) is 5.82 Å². The lowest BCUT2D eigenvalue weighted by atomic mass is 9.79. The third kappa shape index (κ3) is 2.21. The van der Waals surface area contributed by atoms with Crippen molar-refractivity contribution < 1.29 is 0 Å². The van der Waals surface area contributed by atoms with E-state index in [1.54, 1.807) is 0 Å². The van der Waals surface area contributed by atoms with Gasteiger partial charge in [0.05, 0.1) is 5.69 Å². The number of aromatic nitrogens is 2. The lowest BCUT2D eigenvalue weighted by molar-refractivity contribution is 0.209. The normalized spacial score (nSPS) is 35.7. The molecule has 2 bridgehead atoms. The van der Waals surface area contributed by atoms with Crippen LogP contribution in [0.5, 0.6) is 0 Å². The molecule has 0 unspecified atom stereocenters. The summed E-state index contributed by atoms with van der Waals surface area (Å²) in [5.41, 5.74) is 7.07. The predicted octanol–water partition coefficient (Wildman–Crippen LogP) is 2.21. The highest BCUT2D eigenvalue weighted by Crippen LogP contribution is 2.58. The van der Waals surface area contributed by atoms with Crippen LogP contribution in [0.15, 0.2) is 0 Å². The molecule has 3 aliphatic rings. The van der Waals surface area contributed by atoms with E-state index in [1.807, 2.05) is 0 Å². The van der Waals surface area contributed by atoms with E-state index < -0.39 is 0 Å². The van der Waals surface area contributed by atoms with E-state index in [2.05, 4.69) is 21.6 Å². The maximum absolute atomic E-state index is 9.07. The van der Waals surface area contributed by atoms with Gasteiger partial charge in [-0.2, -0.15) is 10.4 Å². The Balaban J connectivity index is 1.26. The summed E-state index contributed by atoms with van der Waals surface area (Å²) in [4.78, 5) is 0. The number of nitrogens with two attached hydrogens (primary N) is 1. The summed E-state index contributed by atoms with van der Waals surface area (Å²) in [7, 11) is 0. The van der Waals surface area contributed by atoms with Gasteiger partial charge in [-0.25, -0.2) is 0 Å². The number of hydrogen-bond donors (Lipinski definition) is 3. The van der Waals surface area contributed by atoms with Crippen molar-refractivity contribution in [3.05, 3.63) is 11.3 Å². The van der Waals surface area contributed by atoms with E-state index in [0.717, 1.165) is 54.8 Å². The second-order valence-corrected chi connectivity index (χ2v) is 7.39. The molecular formula is C17H25N5. The molecule has 1 aromatic heterocycles. The van der Waals surface area contributed by atoms with Crippen molar-refractivity contribution in [1.82, 2.24) is 15.5 Å². The summed E-state index contributed by atoms with van der Waals surface area (Å²) in [6.07, 6.45) is 9.17. The van der Waals surface area contributed by atoms with Gasteiger partial charge in [-0.05, 0) is 68.7 Å². The Morgan fingerprint density at radius 2 is 2.14 bits per heavy atom. The first-order valence-electron chi connectivity index (χ1n) is 8.74. The monoisotopic (exact) mass is 299 g/mol. The molecule has 118 valence electrons. The molecule has 4 N–H and O–H groups in total. The Morgan fingerprint density at radius 3 is 3.00 bits per heavy atom. The van der Waals surface area contributed by atoms with Gasteiger partial charge in [0, 0.05) is 6.04 Å². The smallest absolute Gasteiger partial charge is 0.163 e. The Morgan fingerprint density at radius 1 is 1.27 bits per heavy atom. The Bertz CT molecular complexity index is 586. The summed E-state index contributed by atoms with van der Waals surface area (Å²) in [5, 5.41) is 19.7. The van der Waals surface area contributed by atoms with Crippen LogP contribution in [0, 0.1) is 35.0 Å². The number of nitriles is 1. The lowest BCUT2D eigenvalue weighted by Gasteiger charge is -2.32. The number of aryl methyl sites for hydroxylation is 1. The van der Waals surface area contributed by atoms with Crippen LogP contribution >= 0.6 is 0 Å². The van der Waals surface area contributed by atoms with Gasteiger partial charge in [0.25, 0.3) is 0 Å². The maximum atomic E-state index is 9.07. The standard InChI is InChI=1S/C17H25N5/c18-9-14-15(21-22-17(14)19)5-2-6-20-16-8-10-7-13(16)12-4-1-3-11(10)12/h10-13,16,20H,1-8H2,(H3,19,21,22)/t10-,11+,12-,13+,16-/m1/s1. The zero-order chi connectivity index (χ0) is 15.1. The van der Waals surface area contributed by atoms with Crippen LogP contribution in [0.4, 0.5) is 5.82 Å². The fraction of sp³-hybridized carbons (Fsp3) is 0.765. The third-order valence-corrected chi connectivity index (χ3v) is 6.42. The molecule has 3 saturated carbocycles. The van der Waals surface area contributed by atoms with Crippen LogP contribution < -0.4 is 11.1 Å². The van der Waals surface area contributed by atoms with E-state index in [-0.39, 0.29) is 0 Å². The molecule has 5 nitrogen and oxygen atoms in total. The van der Waals surface area contributed by atoms with Crippen molar-refractivity contribution in [3.63, 3.8) is 0 Å². The molecule has 3 fully saturated rings. The number of fused-ring (bicyclic) bond motifs is 5. The SMILES string of the molecule is N#Cc1c(N)n[nH]c1CCCN[C@@H]1C[C@H]2C[C@H]1[C@@H]1CCC[C@@H]21. The Kier molecular flexibility index (Phi) is 3.57. The molecule has 1 heterocycles. The van der Waals surface area contributed by atoms with E-state index in [9.17, 15) is 0 Å². The minimum absolute atomic E-state index is 0.325. The average Bonchev–Trinajstić information content (AvgIpc) is 3.25. The second-order valence-electron chi connectivity index (χ2n) is 7.39. The highest BCUT2D eigenvalue weighted by atomic mass is 15.2. The molecule has 22 heavy (non-hydrogen) atoms. The molecule has 5 atom stereocenters. The molecule has 0 saturated heterocycles. The van der Waals surface area contributed by atoms with Gasteiger partial charge in [-0.15, -0.1) is 0 Å². The number of nitrogens with zero attached hydrogens (tertiary/aromatic N) is 2. The largest absolute Gasteiger partial charge is 0.381 e. The first-order chi connectivity index (χ1) is 10.8. The summed E-state index contributed by atoms with van der Waals surface area (Å²) in [6, 6.07) is 2.88. The van der Waals surface area contributed by atoms with Gasteiger partial charge in [0.2, 0.25) is 0 Å². The summed E-state index contributed by atoms with van der Waals surface area (Å²) in [6.45, 7) is 1.02. The summed E-state index contributed by atoms with van der Waals surface area (Å²) >= 11 is 0. The number of nitrogens with one attached hydrogen (secondary N) is 2. The topological polar surface area (TPSA) is 90.5 Å². The molecule has 3 aliphatic carbocycles. The summed E-state index contributed by atoms with van der Waals surface area (Å²) in [5.74, 6) is 4.36. The van der Waals surface area contributed by atoms with Crippen LogP contribution in [-0.2, 0) is 6.42 Å². The highest BCUT2D eigenvalue weighted by Gasteiger charge is 2.53. The van der Waals surface area contributed by atoms with E-state index >= 15 is 0 Å². The number of hydrogen-bond acceptors (Lipinski definition) is 4. The molecule has 0 amide bonds. The molecule has 0 spiro atoms. The van der Waals surface area contributed by atoms with Crippen LogP contribution in [0.1, 0.15) is 49.8 Å². The van der Waals surface area contributed by atoms with Crippen molar-refractivity contribution in [2.75, 3.05) is 12.3 Å². The van der Waals surface area contributed by atoms with Crippen molar-refractivity contribution in [3.8, 4) is 6.07 Å². The van der Waals surface area contributed by atoms with Crippen LogP contribution in [0.2, 0.25) is 0 Å². The van der Waals surface area contributed by atoms with Crippen LogP contribution in [0.3, 0.4) is 0 Å². The first kappa shape index (κ1) is 14.1. The van der Waals surface area contributed by atoms with Crippen LogP contribution in [-0.4, -0.2) is 22.8 Å². The number of nitrogen functional groups attached to an aromatic ring is 1. The quantitative estimate of drug-likeness (QED) is 0.727. The fourth-order valence-corrected chi connectivity index (χ4v) is 5.56. The van der Waals surface area contributed by atoms with Gasteiger partial charge >= 0.3 is 0 Å². The fourth-order valence-electron chi connectivity index (χ4n) is 5.56. The maximum Gasteiger partial charge on any atom is 0.163 e. The minimum atomic E-state index is 0.325. The lowest BCUT2D eigenvalue weighted by Crippen LogP contribution is -2.39. The minimum Gasteiger partial charge on any atom is -0.381 e. The molecule has 0 radical (unpaired) electrons. The molecular weight excluding hydrogens is 274 g/mol. The van der Waals surface area contributed by atoms with Crippen molar-refractivity contribution in [2.45, 2.75) is 51.0 Å². The molecule has 1 aromatic rings. The average molecular weight is 299 g/mol. The van der Waals surface area contributed by atoms with Crippen LogP contribution in [0.25, 0.3) is 0 Å². The van der Waals surface area contributed by atoms with Gasteiger partial charge in [-0.3, -0.25) is 5.10 Å². The number of aromatic amines is 1. The van der Waals surface area contributed by atoms with Crippen molar-refractivity contribution in [1.29, 1.82) is 5.26 Å². The van der Waals surface area contributed by atoms with Gasteiger partial charge in [-0.1, -0.05) is 6.42 Å². The predicted molar refractivity (Wildman–Crippen MR) is 84.9 cm³/mol. The number of anilines is 1. The van der Waals surface area contributed by atoms with Gasteiger partial charge in [0.1, 0.15) is 11.6 Å². The third-order valence-electron chi connectivity index (χ3n) is 6.42. The number of H-pyrrole nitrogens is 1. The van der Waals surface area contributed by atoms with Crippen molar-refractivity contribution >= 4 is 5.82 Å². The zero-order valence-electron chi connectivity index (χ0n) is 13.0. The number of rotatable bonds is 5. The van der Waals surface area contributed by atoms with Gasteiger partial charge < -0.3 is 11.1 Å².